The molecule has 1 fully saturated rings. The molecule has 0 aromatic carbocycles. The Morgan fingerprint density at radius 1 is 1.20 bits per heavy atom. The van der Waals surface area contributed by atoms with Gasteiger partial charge in [0.1, 0.15) is 0 Å². The van der Waals surface area contributed by atoms with E-state index in [0.717, 1.165) is 5.92 Å². The van der Waals surface area contributed by atoms with E-state index in [0.29, 0.717) is 5.25 Å². The van der Waals surface area contributed by atoms with Crippen LogP contribution in [0.25, 0.3) is 0 Å². The number of thiol groups is 1. The van der Waals surface area contributed by atoms with Crippen molar-refractivity contribution in [2.75, 3.05) is 0 Å². The summed E-state index contributed by atoms with van der Waals surface area (Å²) in [6, 6.07) is 0. The Morgan fingerprint density at radius 3 is 2.30 bits per heavy atom. The lowest BCUT2D eigenvalue weighted by molar-refractivity contribution is 0.343. The third-order valence-electron chi connectivity index (χ3n) is 2.51. The summed E-state index contributed by atoms with van der Waals surface area (Å²) in [7, 11) is 0. The van der Waals surface area contributed by atoms with Gasteiger partial charge in [0, 0.05) is 5.25 Å². The second-order valence-electron chi connectivity index (χ2n) is 3.46. The van der Waals surface area contributed by atoms with Gasteiger partial charge in [0.15, 0.2) is 0 Å². The molecule has 1 aliphatic carbocycles. The summed E-state index contributed by atoms with van der Waals surface area (Å²) in [4.78, 5) is 0. The van der Waals surface area contributed by atoms with E-state index in [9.17, 15) is 0 Å². The van der Waals surface area contributed by atoms with Crippen LogP contribution in [0.1, 0.15) is 45.4 Å². The van der Waals surface area contributed by atoms with Crippen LogP contribution < -0.4 is 0 Å². The maximum atomic E-state index is 4.47. The zero-order valence-corrected chi connectivity index (χ0v) is 7.74. The molecule has 60 valence electrons. The van der Waals surface area contributed by atoms with Gasteiger partial charge in [-0.15, -0.1) is 0 Å². The first-order valence-electron chi connectivity index (χ1n) is 4.51. The van der Waals surface area contributed by atoms with Gasteiger partial charge in [-0.25, -0.2) is 0 Å². The summed E-state index contributed by atoms with van der Waals surface area (Å²) >= 11 is 4.47. The minimum Gasteiger partial charge on any atom is -0.176 e. The summed E-state index contributed by atoms with van der Waals surface area (Å²) < 4.78 is 0. The quantitative estimate of drug-likeness (QED) is 0.586. The van der Waals surface area contributed by atoms with Crippen molar-refractivity contribution < 1.29 is 0 Å². The minimum atomic E-state index is 0.716. The van der Waals surface area contributed by atoms with Gasteiger partial charge in [0.05, 0.1) is 0 Å². The van der Waals surface area contributed by atoms with Gasteiger partial charge < -0.3 is 0 Å². The molecule has 0 unspecified atom stereocenters. The van der Waals surface area contributed by atoms with Crippen LogP contribution in [0, 0.1) is 5.92 Å². The fraction of sp³-hybridized carbons (Fsp3) is 1.00. The van der Waals surface area contributed by atoms with Crippen molar-refractivity contribution in [2.24, 2.45) is 5.92 Å². The topological polar surface area (TPSA) is 0 Å². The molecule has 0 atom stereocenters. The van der Waals surface area contributed by atoms with Crippen LogP contribution in [-0.2, 0) is 0 Å². The van der Waals surface area contributed by atoms with E-state index < -0.39 is 0 Å². The van der Waals surface area contributed by atoms with Gasteiger partial charge in [-0.1, -0.05) is 19.8 Å². The molecule has 0 nitrogen and oxygen atoms in total. The average Bonchev–Trinajstić information content (AvgIpc) is 1.95. The van der Waals surface area contributed by atoms with E-state index in [1.807, 2.05) is 0 Å². The molecule has 0 heterocycles. The minimum absolute atomic E-state index is 0.716. The number of rotatable bonds is 2. The van der Waals surface area contributed by atoms with E-state index in [1.54, 1.807) is 0 Å². The third-order valence-corrected chi connectivity index (χ3v) is 3.03. The smallest absolute Gasteiger partial charge is 0.00170 e. The Kier molecular flexibility index (Phi) is 3.61. The summed E-state index contributed by atoms with van der Waals surface area (Å²) in [5, 5.41) is 0.716. The van der Waals surface area contributed by atoms with E-state index in [1.165, 1.54) is 38.5 Å². The Labute approximate surface area is 69.8 Å². The van der Waals surface area contributed by atoms with Crippen LogP contribution >= 0.6 is 12.6 Å². The highest BCUT2D eigenvalue weighted by molar-refractivity contribution is 7.80. The Bertz CT molecular complexity index is 82.7. The second kappa shape index (κ2) is 4.27. The van der Waals surface area contributed by atoms with Gasteiger partial charge in [-0.3, -0.25) is 0 Å². The third kappa shape index (κ3) is 2.53. The van der Waals surface area contributed by atoms with E-state index in [2.05, 4.69) is 19.6 Å². The largest absolute Gasteiger partial charge is 0.176 e. The molecule has 0 bridgehead atoms. The lowest BCUT2D eigenvalue weighted by Crippen LogP contribution is -2.13. The summed E-state index contributed by atoms with van der Waals surface area (Å²) in [5.41, 5.74) is 0. The molecule has 1 rings (SSSR count). The standard InChI is InChI=1S/C9H18S/c1-2-3-8-4-6-9(10)7-5-8/h8-10H,2-7H2,1H3. The van der Waals surface area contributed by atoms with Crippen molar-refractivity contribution in [2.45, 2.75) is 50.7 Å². The Balaban J connectivity index is 2.13. The van der Waals surface area contributed by atoms with Crippen LogP contribution in [-0.4, -0.2) is 5.25 Å². The van der Waals surface area contributed by atoms with Crippen LogP contribution in [0.15, 0.2) is 0 Å². The zero-order chi connectivity index (χ0) is 7.40. The SMILES string of the molecule is CCCC1CCC(S)CC1. The van der Waals surface area contributed by atoms with Crippen molar-refractivity contribution in [1.29, 1.82) is 0 Å². The molecule has 1 saturated carbocycles. The van der Waals surface area contributed by atoms with Crippen LogP contribution in [0.3, 0.4) is 0 Å². The van der Waals surface area contributed by atoms with Crippen molar-refractivity contribution >= 4 is 12.6 Å². The second-order valence-corrected chi connectivity index (χ2v) is 4.19. The van der Waals surface area contributed by atoms with Crippen molar-refractivity contribution in [3.8, 4) is 0 Å². The summed E-state index contributed by atoms with van der Waals surface area (Å²) in [6.07, 6.45) is 8.38. The van der Waals surface area contributed by atoms with Gasteiger partial charge in [-0.2, -0.15) is 12.6 Å². The monoisotopic (exact) mass is 158 g/mol. The first kappa shape index (κ1) is 8.45. The molecule has 0 aliphatic heterocycles. The average molecular weight is 158 g/mol. The molecule has 0 aromatic rings. The Hall–Kier alpha value is 0.350. The lowest BCUT2D eigenvalue weighted by atomic mass is 9.86. The molecule has 0 saturated heterocycles. The van der Waals surface area contributed by atoms with Gasteiger partial charge in [-0.05, 0) is 31.6 Å². The van der Waals surface area contributed by atoms with Gasteiger partial charge >= 0.3 is 0 Å². The zero-order valence-electron chi connectivity index (χ0n) is 6.84. The van der Waals surface area contributed by atoms with Crippen molar-refractivity contribution in [1.82, 2.24) is 0 Å². The predicted octanol–water partition coefficient (Wildman–Crippen LogP) is 3.28. The number of hydrogen-bond donors (Lipinski definition) is 1. The fourth-order valence-electron chi connectivity index (χ4n) is 1.84. The molecule has 0 radical (unpaired) electrons. The van der Waals surface area contributed by atoms with Gasteiger partial charge in [0.2, 0.25) is 0 Å². The normalized spacial score (nSPS) is 34.2. The summed E-state index contributed by atoms with van der Waals surface area (Å²) in [5.74, 6) is 1.04. The molecular weight excluding hydrogens is 140 g/mol. The molecule has 10 heavy (non-hydrogen) atoms. The summed E-state index contributed by atoms with van der Waals surface area (Å²) in [6.45, 7) is 2.28. The molecule has 1 aliphatic rings. The maximum absolute atomic E-state index is 4.47. The first-order valence-corrected chi connectivity index (χ1v) is 5.02. The van der Waals surface area contributed by atoms with Crippen LogP contribution in [0.5, 0.6) is 0 Å². The highest BCUT2D eigenvalue weighted by Crippen LogP contribution is 2.29. The van der Waals surface area contributed by atoms with Crippen molar-refractivity contribution in [3.05, 3.63) is 0 Å². The molecular formula is C9H18S. The molecule has 0 aromatic heterocycles. The van der Waals surface area contributed by atoms with Crippen LogP contribution in [0.2, 0.25) is 0 Å². The maximum Gasteiger partial charge on any atom is 0.00170 e. The molecule has 0 N–H and O–H groups in total. The predicted molar refractivity (Wildman–Crippen MR) is 49.6 cm³/mol. The molecule has 0 spiro atoms. The molecule has 0 amide bonds. The fourth-order valence-corrected chi connectivity index (χ4v) is 2.14. The van der Waals surface area contributed by atoms with E-state index in [-0.39, 0.29) is 0 Å². The highest BCUT2D eigenvalue weighted by atomic mass is 32.1. The number of hydrogen-bond acceptors (Lipinski definition) is 1. The first-order chi connectivity index (χ1) is 4.83. The molecule has 1 heteroatoms. The van der Waals surface area contributed by atoms with Crippen LogP contribution in [0.4, 0.5) is 0 Å². The highest BCUT2D eigenvalue weighted by Gasteiger charge is 2.17. The lowest BCUT2D eigenvalue weighted by Gasteiger charge is -2.24. The van der Waals surface area contributed by atoms with Gasteiger partial charge in [0.25, 0.3) is 0 Å². The van der Waals surface area contributed by atoms with E-state index in [4.69, 9.17) is 0 Å². The van der Waals surface area contributed by atoms with E-state index >= 15 is 0 Å². The Morgan fingerprint density at radius 2 is 1.80 bits per heavy atom. The van der Waals surface area contributed by atoms with Crippen molar-refractivity contribution in [3.63, 3.8) is 0 Å².